The molecule has 0 bridgehead atoms. The van der Waals surface area contributed by atoms with Crippen molar-refractivity contribution in [1.82, 2.24) is 0 Å². The molecule has 1 rings (SSSR count). The Bertz CT molecular complexity index is 269. The largest absolute Gasteiger partial charge is 0.431 e. The third-order valence-corrected chi connectivity index (χ3v) is 1.35. The molecule has 1 aliphatic rings. The molecule has 0 aliphatic heterocycles. The van der Waals surface area contributed by atoms with Gasteiger partial charge in [0.15, 0.2) is 0 Å². The molecule has 0 radical (unpaired) electrons. The maximum Gasteiger partial charge on any atom is 0.307 e. The zero-order valence-corrected chi connectivity index (χ0v) is 7.49. The Hall–Kier alpha value is -1.58. The van der Waals surface area contributed by atoms with Gasteiger partial charge in [0.1, 0.15) is 11.5 Å². The first kappa shape index (κ1) is 9.51. The molecule has 4 nitrogen and oxygen atoms in total. The van der Waals surface area contributed by atoms with Crippen LogP contribution < -0.4 is 0 Å². The van der Waals surface area contributed by atoms with Gasteiger partial charge in [-0.25, -0.2) is 0 Å². The normalized spacial score (nSPS) is 14.6. The summed E-state index contributed by atoms with van der Waals surface area (Å²) in [7, 11) is 0. The molecule has 13 heavy (non-hydrogen) atoms. The molecule has 70 valence electrons. The van der Waals surface area contributed by atoms with E-state index in [0.717, 1.165) is 0 Å². The van der Waals surface area contributed by atoms with Crippen LogP contribution in [-0.2, 0) is 19.1 Å². The number of carbonyl (C=O) groups is 2. The average molecular weight is 182 g/mol. The Morgan fingerprint density at radius 3 is 1.77 bits per heavy atom. The summed E-state index contributed by atoms with van der Waals surface area (Å²) >= 11 is 0. The molecule has 1 aliphatic carbocycles. The third kappa shape index (κ3) is 3.11. The second-order valence-electron chi connectivity index (χ2n) is 2.63. The molecule has 0 unspecified atom stereocenters. The summed E-state index contributed by atoms with van der Waals surface area (Å²) in [5.74, 6) is 0.264. The summed E-state index contributed by atoms with van der Waals surface area (Å²) in [6.45, 7) is 2.65. The topological polar surface area (TPSA) is 52.6 Å². The van der Waals surface area contributed by atoms with Crippen LogP contribution in [0.3, 0.4) is 0 Å². The molecule has 4 heteroatoms. The zero-order valence-electron chi connectivity index (χ0n) is 7.49. The lowest BCUT2D eigenvalue weighted by Gasteiger charge is -2.03. The average Bonchev–Trinajstić information content (AvgIpc) is 2.33. The number of allylic oxidation sites excluding steroid dienone is 2. The Morgan fingerprint density at radius 2 is 1.46 bits per heavy atom. The van der Waals surface area contributed by atoms with Crippen molar-refractivity contribution in [2.45, 2.75) is 20.3 Å². The number of hydrogen-bond acceptors (Lipinski definition) is 4. The van der Waals surface area contributed by atoms with Crippen molar-refractivity contribution in [2.24, 2.45) is 0 Å². The van der Waals surface area contributed by atoms with Gasteiger partial charge in [0.25, 0.3) is 0 Å². The first-order valence-electron chi connectivity index (χ1n) is 3.84. The lowest BCUT2D eigenvalue weighted by molar-refractivity contribution is -0.137. The van der Waals surface area contributed by atoms with Crippen molar-refractivity contribution in [3.05, 3.63) is 23.7 Å². The van der Waals surface area contributed by atoms with Crippen LogP contribution in [0.5, 0.6) is 0 Å². The van der Waals surface area contributed by atoms with Crippen molar-refractivity contribution < 1.29 is 19.1 Å². The van der Waals surface area contributed by atoms with Gasteiger partial charge in [-0.3, -0.25) is 9.59 Å². The van der Waals surface area contributed by atoms with Gasteiger partial charge >= 0.3 is 11.9 Å². The van der Waals surface area contributed by atoms with E-state index < -0.39 is 0 Å². The van der Waals surface area contributed by atoms with Crippen LogP contribution in [0, 0.1) is 0 Å². The molecule has 0 spiro atoms. The van der Waals surface area contributed by atoms with Crippen LogP contribution in [0.25, 0.3) is 0 Å². The zero-order chi connectivity index (χ0) is 9.84. The fourth-order valence-corrected chi connectivity index (χ4v) is 0.985. The summed E-state index contributed by atoms with van der Waals surface area (Å²) in [4.78, 5) is 21.1. The number of esters is 2. The number of rotatable bonds is 2. The van der Waals surface area contributed by atoms with Crippen molar-refractivity contribution in [1.29, 1.82) is 0 Å². The fourth-order valence-electron chi connectivity index (χ4n) is 0.985. The van der Waals surface area contributed by atoms with Gasteiger partial charge in [0.2, 0.25) is 0 Å². The minimum atomic E-state index is -0.372. The molecule has 0 atom stereocenters. The molecule has 0 saturated heterocycles. The molecule has 0 saturated carbocycles. The van der Waals surface area contributed by atoms with Crippen LogP contribution in [-0.4, -0.2) is 11.9 Å². The van der Waals surface area contributed by atoms with Gasteiger partial charge in [-0.1, -0.05) is 0 Å². The van der Waals surface area contributed by atoms with Crippen molar-refractivity contribution >= 4 is 11.9 Å². The molecular weight excluding hydrogens is 172 g/mol. The second kappa shape index (κ2) is 3.89. The quantitative estimate of drug-likeness (QED) is 0.604. The Kier molecular flexibility index (Phi) is 2.84. The highest BCUT2D eigenvalue weighted by atomic mass is 16.6. The lowest BCUT2D eigenvalue weighted by Crippen LogP contribution is -2.01. The predicted molar refractivity (Wildman–Crippen MR) is 44.3 cm³/mol. The molecule has 0 amide bonds. The first-order valence-corrected chi connectivity index (χ1v) is 3.84. The van der Waals surface area contributed by atoms with E-state index in [1.165, 1.54) is 13.8 Å². The number of ether oxygens (including phenoxy) is 2. The van der Waals surface area contributed by atoms with Crippen LogP contribution in [0.2, 0.25) is 0 Å². The van der Waals surface area contributed by atoms with E-state index in [0.29, 0.717) is 17.9 Å². The smallest absolute Gasteiger partial charge is 0.307 e. The summed E-state index contributed by atoms with van der Waals surface area (Å²) in [6, 6.07) is 0. The van der Waals surface area contributed by atoms with Crippen molar-refractivity contribution in [3.63, 3.8) is 0 Å². The summed E-state index contributed by atoms with van der Waals surface area (Å²) < 4.78 is 9.60. The van der Waals surface area contributed by atoms with Crippen LogP contribution in [0.15, 0.2) is 23.7 Å². The maximum atomic E-state index is 10.5. The molecule has 0 fully saturated rings. The van der Waals surface area contributed by atoms with E-state index in [1.54, 1.807) is 12.2 Å². The van der Waals surface area contributed by atoms with Gasteiger partial charge in [0, 0.05) is 13.8 Å². The van der Waals surface area contributed by atoms with E-state index in [9.17, 15) is 9.59 Å². The molecule has 0 aromatic carbocycles. The fraction of sp³-hybridized carbons (Fsp3) is 0.333. The van der Waals surface area contributed by atoms with Crippen LogP contribution in [0.1, 0.15) is 20.3 Å². The van der Waals surface area contributed by atoms with Crippen molar-refractivity contribution in [2.75, 3.05) is 0 Å². The molecule has 0 aromatic heterocycles. The first-order chi connectivity index (χ1) is 6.08. The van der Waals surface area contributed by atoms with Gasteiger partial charge < -0.3 is 9.47 Å². The highest BCUT2D eigenvalue weighted by Crippen LogP contribution is 2.20. The minimum Gasteiger partial charge on any atom is -0.431 e. The monoisotopic (exact) mass is 182 g/mol. The van der Waals surface area contributed by atoms with E-state index in [1.807, 2.05) is 0 Å². The summed E-state index contributed by atoms with van der Waals surface area (Å²) in [5, 5.41) is 0. The SMILES string of the molecule is CC(=O)OC1=CC=C(OC(C)=O)C1. The third-order valence-electron chi connectivity index (χ3n) is 1.35. The van der Waals surface area contributed by atoms with E-state index in [-0.39, 0.29) is 11.9 Å². The number of hydrogen-bond donors (Lipinski definition) is 0. The molecular formula is C9H10O4. The Labute approximate surface area is 75.8 Å². The van der Waals surface area contributed by atoms with Crippen LogP contribution >= 0.6 is 0 Å². The highest BCUT2D eigenvalue weighted by molar-refractivity contribution is 5.69. The molecule has 0 heterocycles. The van der Waals surface area contributed by atoms with E-state index in [4.69, 9.17) is 9.47 Å². The van der Waals surface area contributed by atoms with E-state index >= 15 is 0 Å². The van der Waals surface area contributed by atoms with E-state index in [2.05, 4.69) is 0 Å². The molecule has 0 N–H and O–H groups in total. The maximum absolute atomic E-state index is 10.5. The number of carbonyl (C=O) groups excluding carboxylic acids is 2. The second-order valence-corrected chi connectivity index (χ2v) is 2.63. The minimum absolute atomic E-state index is 0.360. The Balaban J connectivity index is 2.40. The van der Waals surface area contributed by atoms with Crippen molar-refractivity contribution in [3.8, 4) is 0 Å². The van der Waals surface area contributed by atoms with Gasteiger partial charge in [0.05, 0.1) is 6.42 Å². The highest BCUT2D eigenvalue weighted by Gasteiger charge is 2.13. The summed E-state index contributed by atoms with van der Waals surface area (Å²) in [5.41, 5.74) is 0. The van der Waals surface area contributed by atoms with Gasteiger partial charge in [-0.05, 0) is 12.2 Å². The van der Waals surface area contributed by atoms with Gasteiger partial charge in [-0.15, -0.1) is 0 Å². The van der Waals surface area contributed by atoms with Crippen LogP contribution in [0.4, 0.5) is 0 Å². The summed E-state index contributed by atoms with van der Waals surface area (Å²) in [6.07, 6.45) is 3.58. The predicted octanol–water partition coefficient (Wildman–Crippen LogP) is 1.28. The lowest BCUT2D eigenvalue weighted by atomic mass is 10.4. The molecule has 0 aromatic rings. The standard InChI is InChI=1S/C9H10O4/c1-6(10)12-8-3-4-9(5-8)13-7(2)11/h3-4H,5H2,1-2H3. The van der Waals surface area contributed by atoms with Gasteiger partial charge in [-0.2, -0.15) is 0 Å². The Morgan fingerprint density at radius 1 is 1.08 bits per heavy atom.